The van der Waals surface area contributed by atoms with Crippen molar-refractivity contribution >= 4 is 5.57 Å². The third-order valence-corrected chi connectivity index (χ3v) is 10.2. The molecule has 0 radical (unpaired) electrons. The van der Waals surface area contributed by atoms with Crippen LogP contribution in [0.2, 0.25) is 0 Å². The van der Waals surface area contributed by atoms with Crippen molar-refractivity contribution in [2.75, 3.05) is 26.0 Å². The van der Waals surface area contributed by atoms with Crippen molar-refractivity contribution in [1.29, 1.82) is 0 Å². The van der Waals surface area contributed by atoms with Gasteiger partial charge in [0.05, 0.1) is 36.9 Å². The molecular weight excluding hydrogens is 605 g/mol. The first kappa shape index (κ1) is 36.4. The quantitative estimate of drug-likeness (QED) is 0.118. The molecule has 0 saturated carbocycles. The van der Waals surface area contributed by atoms with Crippen LogP contribution in [0, 0.1) is 11.8 Å². The van der Waals surface area contributed by atoms with E-state index >= 15 is 0 Å². The van der Waals surface area contributed by atoms with Gasteiger partial charge in [0.2, 0.25) is 0 Å². The van der Waals surface area contributed by atoms with Crippen LogP contribution in [0.3, 0.4) is 0 Å². The Balaban J connectivity index is 1.15. The van der Waals surface area contributed by atoms with E-state index in [0.717, 1.165) is 86.9 Å². The number of H-pyrrole nitrogens is 1. The molecular formula is C41H60N8. The van der Waals surface area contributed by atoms with Crippen LogP contribution in [0.5, 0.6) is 0 Å². The van der Waals surface area contributed by atoms with Crippen molar-refractivity contribution in [3.05, 3.63) is 114 Å². The highest BCUT2D eigenvalue weighted by molar-refractivity contribution is 5.75. The number of hydrogen-bond donors (Lipinski definition) is 3. The van der Waals surface area contributed by atoms with Gasteiger partial charge >= 0.3 is 0 Å². The molecule has 264 valence electrons. The van der Waals surface area contributed by atoms with Gasteiger partial charge in [-0.05, 0) is 89.1 Å². The zero-order valence-electron chi connectivity index (χ0n) is 30.9. The van der Waals surface area contributed by atoms with Gasteiger partial charge in [0.1, 0.15) is 11.6 Å². The molecule has 4 atom stereocenters. The summed E-state index contributed by atoms with van der Waals surface area (Å²) in [5.41, 5.74) is 7.40. The van der Waals surface area contributed by atoms with E-state index in [9.17, 15) is 0 Å². The van der Waals surface area contributed by atoms with Crippen LogP contribution in [0.4, 0.5) is 0 Å². The lowest BCUT2D eigenvalue weighted by molar-refractivity contribution is 0.248. The van der Waals surface area contributed by atoms with Gasteiger partial charge in [-0.15, -0.1) is 6.58 Å². The maximum Gasteiger partial charge on any atom is 0.141 e. The lowest BCUT2D eigenvalue weighted by Gasteiger charge is -2.31. The van der Waals surface area contributed by atoms with Crippen molar-refractivity contribution in [2.45, 2.75) is 104 Å². The van der Waals surface area contributed by atoms with E-state index in [4.69, 9.17) is 15.8 Å². The van der Waals surface area contributed by atoms with Crippen molar-refractivity contribution in [3.8, 4) is 0 Å². The molecule has 0 bridgehead atoms. The molecule has 0 saturated heterocycles. The van der Waals surface area contributed by atoms with Gasteiger partial charge in [-0.3, -0.25) is 4.90 Å². The summed E-state index contributed by atoms with van der Waals surface area (Å²) in [5.74, 6) is 9.66. The average molecular weight is 665 g/mol. The van der Waals surface area contributed by atoms with Crippen LogP contribution in [-0.4, -0.2) is 61.1 Å². The number of likely N-dealkylation sites (N-methyl/N-ethyl adjacent to an activating group) is 1. The van der Waals surface area contributed by atoms with Gasteiger partial charge in [0, 0.05) is 48.1 Å². The molecule has 0 fully saturated rings. The Morgan fingerprint density at radius 3 is 2.59 bits per heavy atom. The van der Waals surface area contributed by atoms with Crippen molar-refractivity contribution in [2.24, 2.45) is 11.8 Å². The molecule has 2 aromatic heterocycles. The Kier molecular flexibility index (Phi) is 12.0. The molecule has 4 N–H and O–H groups in total. The highest BCUT2D eigenvalue weighted by Crippen LogP contribution is 2.39. The van der Waals surface area contributed by atoms with Gasteiger partial charge in [0.25, 0.3) is 0 Å². The van der Waals surface area contributed by atoms with Crippen LogP contribution < -0.4 is 11.2 Å². The van der Waals surface area contributed by atoms with E-state index in [1.165, 1.54) is 16.7 Å². The van der Waals surface area contributed by atoms with Crippen LogP contribution in [0.25, 0.3) is 5.57 Å². The topological polar surface area (TPSA) is 91.0 Å². The number of nitrogens with two attached hydrogens (primary N) is 1. The number of imidazole rings is 2. The first-order valence-electron chi connectivity index (χ1n) is 18.4. The molecule has 0 aromatic carbocycles. The number of nitrogen functional groups attached to an aromatic ring is 1. The third-order valence-electron chi connectivity index (χ3n) is 10.2. The fraction of sp³-hybridized carbons (Fsp3) is 0.512. The van der Waals surface area contributed by atoms with Gasteiger partial charge in [-0.25, -0.2) is 14.6 Å². The lowest BCUT2D eigenvalue weighted by atomic mass is 9.77. The van der Waals surface area contributed by atoms with Crippen molar-refractivity contribution < 1.29 is 0 Å². The predicted molar refractivity (Wildman–Crippen MR) is 205 cm³/mol. The molecule has 5 rings (SSSR count). The Bertz CT molecular complexity index is 1610. The highest BCUT2D eigenvalue weighted by Gasteiger charge is 2.26. The van der Waals surface area contributed by atoms with E-state index in [-0.39, 0.29) is 11.5 Å². The minimum absolute atomic E-state index is 0.0269. The third kappa shape index (κ3) is 9.22. The molecule has 8 heteroatoms. The number of aromatic nitrogens is 4. The second-order valence-electron chi connectivity index (χ2n) is 15.0. The average Bonchev–Trinajstić information content (AvgIpc) is 3.69. The fourth-order valence-corrected chi connectivity index (χ4v) is 7.65. The van der Waals surface area contributed by atoms with Crippen LogP contribution in [-0.2, 0) is 13.1 Å². The number of nitrogens with one attached hydrogen (secondary N) is 2. The fourth-order valence-electron chi connectivity index (χ4n) is 7.65. The largest absolute Gasteiger partial charge is 0.368 e. The summed E-state index contributed by atoms with van der Waals surface area (Å²) in [6, 6.07) is 0.337. The van der Waals surface area contributed by atoms with Crippen LogP contribution >= 0.6 is 0 Å². The molecule has 3 aliphatic carbocycles. The van der Waals surface area contributed by atoms with E-state index in [2.05, 4.69) is 117 Å². The van der Waals surface area contributed by atoms with Gasteiger partial charge in [0.15, 0.2) is 0 Å². The second kappa shape index (κ2) is 16.2. The molecule has 0 aliphatic heterocycles. The number of nitrogens with zero attached hydrogens (tertiary/aromatic N) is 5. The monoisotopic (exact) mass is 664 g/mol. The summed E-state index contributed by atoms with van der Waals surface area (Å²) < 4.78 is 1.82. The highest BCUT2D eigenvalue weighted by atomic mass is 15.3. The molecule has 2 aromatic rings. The van der Waals surface area contributed by atoms with E-state index in [1.54, 1.807) is 0 Å². The number of hydrogen-bond acceptors (Lipinski definition) is 6. The summed E-state index contributed by atoms with van der Waals surface area (Å²) in [5, 5.41) is 3.71. The Morgan fingerprint density at radius 2 is 1.88 bits per heavy atom. The summed E-state index contributed by atoms with van der Waals surface area (Å²) in [7, 11) is 2.13. The Hall–Kier alpha value is -3.88. The summed E-state index contributed by atoms with van der Waals surface area (Å²) in [6.45, 7) is 22.6. The smallest absolute Gasteiger partial charge is 0.141 e. The standard InChI is InChI=1S/C41H60N8/c1-9-20-41(6,7)46-29(4)26-47(8)28-40-44-25-38(49(40)42)32-14-12-31(13-15-32)33-16-17-35-23-36(19-18-34(35)22-33)37-24-43-39(45-37)27-48(21-10-2)30(5)11-3/h9,12,14,16-17,19,22-25,29,31-32,34,46H,1,5,10-11,13,15,18,20-21,26-28,42H2,2-4,6-8H3,(H,43,45). The molecule has 49 heavy (non-hydrogen) atoms. The zero-order valence-corrected chi connectivity index (χ0v) is 30.9. The van der Waals surface area contributed by atoms with Crippen molar-refractivity contribution in [1.82, 2.24) is 34.7 Å². The van der Waals surface area contributed by atoms with Gasteiger partial charge in [-0.1, -0.05) is 63.0 Å². The van der Waals surface area contributed by atoms with Crippen molar-refractivity contribution in [3.63, 3.8) is 0 Å². The minimum atomic E-state index is 0.0269. The molecule has 0 spiro atoms. The Labute approximate surface area is 295 Å². The molecule has 2 heterocycles. The summed E-state index contributed by atoms with van der Waals surface area (Å²) in [4.78, 5) is 17.7. The maximum atomic E-state index is 6.63. The SMILES string of the molecule is C=CCC(C)(C)NC(C)CN(C)Cc1ncc(C2C=CC(C3=CC4CC=C(c5cnc(CN(CCC)C(=C)CC)[nH]5)C=C4C=C3)CC2)n1N. The van der Waals surface area contributed by atoms with Crippen LogP contribution in [0.15, 0.2) is 91.0 Å². The molecule has 4 unspecified atom stereocenters. The number of allylic oxidation sites excluding steroid dienone is 11. The second-order valence-corrected chi connectivity index (χ2v) is 15.0. The molecule has 0 amide bonds. The van der Waals surface area contributed by atoms with Gasteiger partial charge in [-0.2, -0.15) is 0 Å². The first-order valence-corrected chi connectivity index (χ1v) is 18.4. The molecule has 3 aliphatic rings. The minimum Gasteiger partial charge on any atom is -0.368 e. The van der Waals surface area contributed by atoms with E-state index < -0.39 is 0 Å². The van der Waals surface area contributed by atoms with Crippen LogP contribution in [0.1, 0.15) is 102 Å². The first-order chi connectivity index (χ1) is 23.5. The number of aromatic amines is 1. The summed E-state index contributed by atoms with van der Waals surface area (Å²) >= 11 is 0. The van der Waals surface area contributed by atoms with E-state index in [1.807, 2.05) is 23.1 Å². The van der Waals surface area contributed by atoms with E-state index in [0.29, 0.717) is 24.4 Å². The normalized spacial score (nSPS) is 21.2. The maximum absolute atomic E-state index is 6.63. The zero-order chi connectivity index (χ0) is 35.1. The summed E-state index contributed by atoms with van der Waals surface area (Å²) in [6.07, 6.45) is 28.6. The molecule has 8 nitrogen and oxygen atoms in total. The van der Waals surface area contributed by atoms with Gasteiger partial charge < -0.3 is 21.0 Å². The number of fused-ring (bicyclic) bond motifs is 1. The number of rotatable bonds is 17. The lowest BCUT2D eigenvalue weighted by Crippen LogP contribution is -2.48. The predicted octanol–water partition coefficient (Wildman–Crippen LogP) is 7.80. The Morgan fingerprint density at radius 1 is 1.12 bits per heavy atom.